The van der Waals surface area contributed by atoms with Crippen LogP contribution in [0.1, 0.15) is 51.0 Å². The summed E-state index contributed by atoms with van der Waals surface area (Å²) in [6, 6.07) is 7.92. The number of amides is 1. The lowest BCUT2D eigenvalue weighted by Gasteiger charge is -2.33. The number of benzene rings is 1. The van der Waals surface area contributed by atoms with Gasteiger partial charge in [0.25, 0.3) is 0 Å². The zero-order valence-electron chi connectivity index (χ0n) is 13.1. The zero-order chi connectivity index (χ0) is 15.3. The fraction of sp³-hybridized carbons (Fsp3) is 0.588. The molecule has 3 nitrogen and oxygen atoms in total. The van der Waals surface area contributed by atoms with Crippen molar-refractivity contribution in [2.45, 2.75) is 63.5 Å². The van der Waals surface area contributed by atoms with Gasteiger partial charge in [-0.3, -0.25) is 4.79 Å². The van der Waals surface area contributed by atoms with Crippen LogP contribution in [0.4, 0.5) is 0 Å². The first-order chi connectivity index (χ1) is 10.0. The minimum Gasteiger partial charge on any atom is -0.351 e. The van der Waals surface area contributed by atoms with E-state index in [-0.39, 0.29) is 24.4 Å². The Labute approximate surface area is 144 Å². The van der Waals surface area contributed by atoms with Crippen molar-refractivity contribution in [1.82, 2.24) is 5.32 Å². The molecule has 22 heavy (non-hydrogen) atoms. The highest BCUT2D eigenvalue weighted by atomic mass is 35.5. The van der Waals surface area contributed by atoms with Crippen LogP contribution in [0.5, 0.6) is 0 Å². The van der Waals surface area contributed by atoms with Crippen LogP contribution in [0.3, 0.4) is 0 Å². The van der Waals surface area contributed by atoms with Crippen LogP contribution in [0.25, 0.3) is 0 Å². The number of hydrogen-bond donors (Lipinski definition) is 2. The maximum absolute atomic E-state index is 12.5. The van der Waals surface area contributed by atoms with E-state index in [1.165, 1.54) is 12.0 Å². The minimum atomic E-state index is -0.661. The van der Waals surface area contributed by atoms with Gasteiger partial charge in [-0.1, -0.05) is 49.9 Å². The van der Waals surface area contributed by atoms with E-state index < -0.39 is 5.54 Å². The van der Waals surface area contributed by atoms with E-state index in [9.17, 15) is 4.79 Å². The summed E-state index contributed by atoms with van der Waals surface area (Å²) in [5.74, 6) is 0.0167. The second-order valence-electron chi connectivity index (χ2n) is 6.13. The zero-order valence-corrected chi connectivity index (χ0v) is 14.7. The number of nitrogens with two attached hydrogens (primary N) is 1. The molecule has 1 unspecified atom stereocenters. The summed E-state index contributed by atoms with van der Waals surface area (Å²) in [6.07, 6.45) is 6.61. The molecule has 1 aliphatic carbocycles. The van der Waals surface area contributed by atoms with Crippen molar-refractivity contribution in [2.75, 3.05) is 0 Å². The number of hydrogen-bond acceptors (Lipinski definition) is 2. The molecule has 1 aliphatic rings. The van der Waals surface area contributed by atoms with E-state index in [0.29, 0.717) is 0 Å². The highest BCUT2D eigenvalue weighted by Crippen LogP contribution is 2.26. The van der Waals surface area contributed by atoms with Gasteiger partial charge in [-0.15, -0.1) is 12.4 Å². The first-order valence-corrected chi connectivity index (χ1v) is 8.25. The normalized spacial score (nSPS) is 18.1. The maximum atomic E-state index is 12.5. The fourth-order valence-electron chi connectivity index (χ4n) is 2.94. The van der Waals surface area contributed by atoms with E-state index >= 15 is 0 Å². The van der Waals surface area contributed by atoms with Crippen molar-refractivity contribution < 1.29 is 4.79 Å². The van der Waals surface area contributed by atoms with Crippen molar-refractivity contribution in [1.29, 1.82) is 0 Å². The van der Waals surface area contributed by atoms with Crippen molar-refractivity contribution in [2.24, 2.45) is 5.73 Å². The van der Waals surface area contributed by atoms with Crippen LogP contribution < -0.4 is 11.1 Å². The summed E-state index contributed by atoms with van der Waals surface area (Å²) >= 11 is 5.90. The molecule has 1 fully saturated rings. The SMILES string of the molecule is CCC(Cc1ccc(Cl)cc1)NC(=O)C1(N)CCCCC1.Cl. The average Bonchev–Trinajstić information content (AvgIpc) is 2.49. The molecule has 124 valence electrons. The third kappa shape index (κ3) is 5.15. The first-order valence-electron chi connectivity index (χ1n) is 7.88. The molecule has 1 aromatic rings. The van der Waals surface area contributed by atoms with E-state index in [1.807, 2.05) is 24.3 Å². The van der Waals surface area contributed by atoms with Crippen molar-refractivity contribution in [3.8, 4) is 0 Å². The third-order valence-electron chi connectivity index (χ3n) is 4.42. The molecular weight excluding hydrogens is 319 g/mol. The lowest BCUT2D eigenvalue weighted by molar-refractivity contribution is -0.128. The van der Waals surface area contributed by atoms with Crippen LogP contribution in [-0.2, 0) is 11.2 Å². The molecule has 5 heteroatoms. The van der Waals surface area contributed by atoms with Crippen LogP contribution >= 0.6 is 24.0 Å². The molecule has 0 spiro atoms. The molecule has 1 atom stereocenters. The molecule has 2 rings (SSSR count). The first kappa shape index (κ1) is 19.3. The van der Waals surface area contributed by atoms with E-state index in [4.69, 9.17) is 17.3 Å². The molecule has 0 radical (unpaired) electrons. The van der Waals surface area contributed by atoms with Gasteiger partial charge in [-0.05, 0) is 43.4 Å². The summed E-state index contributed by atoms with van der Waals surface area (Å²) in [4.78, 5) is 12.5. The Hall–Kier alpha value is -0.770. The monoisotopic (exact) mass is 344 g/mol. The molecule has 3 N–H and O–H groups in total. The largest absolute Gasteiger partial charge is 0.351 e. The quantitative estimate of drug-likeness (QED) is 0.851. The van der Waals surface area contributed by atoms with Crippen molar-refractivity contribution in [3.63, 3.8) is 0 Å². The average molecular weight is 345 g/mol. The third-order valence-corrected chi connectivity index (χ3v) is 4.67. The molecule has 0 aromatic heterocycles. The summed E-state index contributed by atoms with van der Waals surface area (Å²) in [5, 5.41) is 3.88. The van der Waals surface area contributed by atoms with E-state index in [0.717, 1.165) is 43.5 Å². The molecular formula is C17H26Cl2N2O. The molecule has 0 heterocycles. The second-order valence-corrected chi connectivity index (χ2v) is 6.56. The van der Waals surface area contributed by atoms with E-state index in [1.54, 1.807) is 0 Å². The summed E-state index contributed by atoms with van der Waals surface area (Å²) in [6.45, 7) is 2.09. The molecule has 0 bridgehead atoms. The molecule has 0 saturated heterocycles. The smallest absolute Gasteiger partial charge is 0.240 e. The second kappa shape index (κ2) is 8.76. The minimum absolute atomic E-state index is 0. The molecule has 1 saturated carbocycles. The number of nitrogens with one attached hydrogen (secondary N) is 1. The van der Waals surface area contributed by atoms with E-state index in [2.05, 4.69) is 12.2 Å². The Morgan fingerprint density at radius 1 is 1.27 bits per heavy atom. The molecule has 1 amide bonds. The topological polar surface area (TPSA) is 55.1 Å². The molecule has 0 aliphatic heterocycles. The Morgan fingerprint density at radius 2 is 1.86 bits per heavy atom. The Bertz CT molecular complexity index is 470. The van der Waals surface area contributed by atoms with Gasteiger partial charge in [0.15, 0.2) is 0 Å². The lowest BCUT2D eigenvalue weighted by atomic mass is 9.81. The standard InChI is InChI=1S/C17H25ClN2O.ClH/c1-2-15(12-13-6-8-14(18)9-7-13)20-16(21)17(19)10-4-3-5-11-17;/h6-9,15H,2-5,10-12,19H2,1H3,(H,20,21);1H. The number of halogens is 2. The summed E-state index contributed by atoms with van der Waals surface area (Å²) < 4.78 is 0. The maximum Gasteiger partial charge on any atom is 0.240 e. The predicted octanol–water partition coefficient (Wildman–Crippen LogP) is 3.86. The lowest BCUT2D eigenvalue weighted by Crippen LogP contribution is -2.57. The number of rotatable bonds is 5. The van der Waals surface area contributed by atoms with Crippen LogP contribution in [0.2, 0.25) is 5.02 Å². The van der Waals surface area contributed by atoms with Crippen LogP contribution in [0, 0.1) is 0 Å². The van der Waals surface area contributed by atoms with Crippen LogP contribution in [0.15, 0.2) is 24.3 Å². The number of carbonyl (C=O) groups excluding carboxylic acids is 1. The number of carbonyl (C=O) groups is 1. The van der Waals surface area contributed by atoms with Gasteiger partial charge in [0.05, 0.1) is 5.54 Å². The van der Waals surface area contributed by atoms with Crippen molar-refractivity contribution in [3.05, 3.63) is 34.9 Å². The van der Waals surface area contributed by atoms with Crippen molar-refractivity contribution >= 4 is 29.9 Å². The van der Waals surface area contributed by atoms with Gasteiger partial charge in [-0.25, -0.2) is 0 Å². The van der Waals surface area contributed by atoms with Gasteiger partial charge in [0.1, 0.15) is 0 Å². The highest BCUT2D eigenvalue weighted by Gasteiger charge is 2.35. The highest BCUT2D eigenvalue weighted by molar-refractivity contribution is 6.30. The Kier molecular flexibility index (Phi) is 7.67. The van der Waals surface area contributed by atoms with Gasteiger partial charge >= 0.3 is 0 Å². The summed E-state index contributed by atoms with van der Waals surface area (Å²) in [5.41, 5.74) is 6.81. The predicted molar refractivity (Wildman–Crippen MR) is 94.6 cm³/mol. The Morgan fingerprint density at radius 3 is 2.41 bits per heavy atom. The molecule has 1 aromatic carbocycles. The summed E-state index contributed by atoms with van der Waals surface area (Å²) in [7, 11) is 0. The van der Waals surface area contributed by atoms with Gasteiger partial charge in [0.2, 0.25) is 5.91 Å². The fourth-order valence-corrected chi connectivity index (χ4v) is 3.07. The van der Waals surface area contributed by atoms with Crippen LogP contribution in [-0.4, -0.2) is 17.5 Å². The van der Waals surface area contributed by atoms with Gasteiger partial charge < -0.3 is 11.1 Å². The Balaban J connectivity index is 0.00000242. The van der Waals surface area contributed by atoms with Gasteiger partial charge in [-0.2, -0.15) is 0 Å². The van der Waals surface area contributed by atoms with Gasteiger partial charge in [0, 0.05) is 11.1 Å².